The Bertz CT molecular complexity index is 1540. The lowest BCUT2D eigenvalue weighted by Crippen LogP contribution is -2.54. The predicted molar refractivity (Wildman–Crippen MR) is 183 cm³/mol. The van der Waals surface area contributed by atoms with E-state index in [1.54, 1.807) is 30.3 Å². The summed E-state index contributed by atoms with van der Waals surface area (Å²) in [4.78, 5) is 16.1. The largest absolute Gasteiger partial charge is 0.507 e. The summed E-state index contributed by atoms with van der Waals surface area (Å²) in [5, 5.41) is 13.9. The number of hydrogen-bond donors (Lipinski definition) is 3. The van der Waals surface area contributed by atoms with Crippen LogP contribution in [0, 0.1) is 23.7 Å². The monoisotopic (exact) mass is 641 g/mol. The van der Waals surface area contributed by atoms with Gasteiger partial charge in [-0.2, -0.15) is 4.39 Å². The van der Waals surface area contributed by atoms with Crippen LogP contribution in [0.2, 0.25) is 0 Å². The maximum absolute atomic E-state index is 14.9. The number of nitrogens with one attached hydrogen (secondary N) is 1. The standard InChI is InChI=1S/C37H48FN7O2/c38-36-32(31-3-1-2-4-34(31)46)20-33(37(39)42-36)44-22-28-5-6-29(23-44)45(28)27-9-14-41-35(19-27)47-30-17-26(18-30)25-10-15-43(16-11-25)21-24-7-12-40-13-8-24/h1-4,9,14,19-20,24-26,28-30,40,46H,5-8,10-13,15-18,21-23H2,(H2,39,42)/t26?,28-,29-,30?/m1/s1. The Labute approximate surface area is 277 Å². The lowest BCUT2D eigenvalue weighted by atomic mass is 9.70. The zero-order valence-electron chi connectivity index (χ0n) is 27.2. The van der Waals surface area contributed by atoms with Gasteiger partial charge in [-0.05, 0) is 113 Å². The number of nitrogen functional groups attached to an aromatic ring is 1. The van der Waals surface area contributed by atoms with Crippen LogP contribution in [0.15, 0.2) is 48.7 Å². The number of hydrogen-bond acceptors (Lipinski definition) is 9. The van der Waals surface area contributed by atoms with Gasteiger partial charge in [0.1, 0.15) is 17.7 Å². The first kappa shape index (κ1) is 30.7. The quantitative estimate of drug-likeness (QED) is 0.283. The number of likely N-dealkylation sites (tertiary alicyclic amines) is 1. The zero-order chi connectivity index (χ0) is 31.9. The highest BCUT2D eigenvalue weighted by Gasteiger charge is 2.42. The van der Waals surface area contributed by atoms with Crippen LogP contribution < -0.4 is 25.6 Å². The van der Waals surface area contributed by atoms with Gasteiger partial charge in [-0.25, -0.2) is 9.97 Å². The molecule has 1 saturated carbocycles. The van der Waals surface area contributed by atoms with Crippen molar-refractivity contribution >= 4 is 17.2 Å². The van der Waals surface area contributed by atoms with Crippen molar-refractivity contribution < 1.29 is 14.2 Å². The highest BCUT2D eigenvalue weighted by atomic mass is 19.1. The first-order chi connectivity index (χ1) is 23.0. The van der Waals surface area contributed by atoms with Crippen LogP contribution in [0.5, 0.6) is 11.6 Å². The van der Waals surface area contributed by atoms with Gasteiger partial charge in [0.05, 0.1) is 5.69 Å². The van der Waals surface area contributed by atoms with E-state index in [4.69, 9.17) is 10.5 Å². The smallest absolute Gasteiger partial charge is 0.222 e. The number of para-hydroxylation sites is 1. The van der Waals surface area contributed by atoms with Crippen LogP contribution in [-0.2, 0) is 0 Å². The molecular weight excluding hydrogens is 593 g/mol. The Morgan fingerprint density at radius 2 is 1.66 bits per heavy atom. The Hall–Kier alpha value is -3.63. The summed E-state index contributed by atoms with van der Waals surface area (Å²) in [7, 11) is 0. The summed E-state index contributed by atoms with van der Waals surface area (Å²) in [6.07, 6.45) is 11.9. The molecule has 2 bridgehead atoms. The Kier molecular flexibility index (Phi) is 8.56. The lowest BCUT2D eigenvalue weighted by molar-refractivity contribution is 0.00768. The number of aromatic hydroxyl groups is 1. The number of piperidine rings is 2. The Morgan fingerprint density at radius 1 is 0.915 bits per heavy atom. The molecule has 2 aromatic heterocycles. The molecule has 47 heavy (non-hydrogen) atoms. The maximum atomic E-state index is 14.9. The van der Waals surface area contributed by atoms with Gasteiger partial charge in [0, 0.05) is 60.8 Å². The fourth-order valence-electron chi connectivity index (χ4n) is 9.08. The number of rotatable bonds is 8. The minimum atomic E-state index is -0.676. The molecule has 8 rings (SSSR count). The molecule has 5 fully saturated rings. The topological polar surface area (TPSA) is 103 Å². The molecule has 0 unspecified atom stereocenters. The average molecular weight is 642 g/mol. The summed E-state index contributed by atoms with van der Waals surface area (Å²) in [5.74, 6) is 2.75. The van der Waals surface area contributed by atoms with Gasteiger partial charge >= 0.3 is 0 Å². The van der Waals surface area contributed by atoms with Crippen LogP contribution in [0.3, 0.4) is 0 Å². The second-order valence-corrected chi connectivity index (χ2v) is 14.6. The number of ether oxygens (including phenoxy) is 1. The van der Waals surface area contributed by atoms with Gasteiger partial charge in [0.25, 0.3) is 0 Å². The highest BCUT2D eigenvalue weighted by molar-refractivity contribution is 5.77. The number of nitrogens with zero attached hydrogens (tertiary/aromatic N) is 5. The zero-order valence-corrected chi connectivity index (χ0v) is 27.2. The Morgan fingerprint density at radius 3 is 2.40 bits per heavy atom. The van der Waals surface area contributed by atoms with Crippen molar-refractivity contribution in [2.75, 3.05) is 61.3 Å². The van der Waals surface area contributed by atoms with Crippen molar-refractivity contribution in [2.24, 2.45) is 17.8 Å². The number of phenolic OH excluding ortho intramolecular Hbond substituents is 1. The second-order valence-electron chi connectivity index (χ2n) is 14.6. The number of anilines is 3. The first-order valence-electron chi connectivity index (χ1n) is 17.8. The SMILES string of the molecule is Nc1nc(F)c(-c2ccccc2O)cc1N1C[C@H]2CC[C@H](C1)N2c1ccnc(OC2CC(C3CCN(CC4CCNCC4)CC3)C2)c1. The molecule has 0 amide bonds. The van der Waals surface area contributed by atoms with Crippen molar-refractivity contribution in [3.05, 3.63) is 54.6 Å². The van der Waals surface area contributed by atoms with Crippen LogP contribution in [0.1, 0.15) is 51.4 Å². The van der Waals surface area contributed by atoms with E-state index in [1.165, 1.54) is 58.4 Å². The minimum absolute atomic E-state index is 0.0191. The van der Waals surface area contributed by atoms with Gasteiger partial charge in [0.2, 0.25) is 11.8 Å². The van der Waals surface area contributed by atoms with E-state index < -0.39 is 5.95 Å². The average Bonchev–Trinajstić information content (AvgIpc) is 3.33. The highest BCUT2D eigenvalue weighted by Crippen LogP contribution is 2.43. The van der Waals surface area contributed by atoms with Crippen molar-refractivity contribution in [3.63, 3.8) is 0 Å². The number of phenols is 1. The van der Waals surface area contributed by atoms with E-state index in [1.807, 2.05) is 6.20 Å². The summed E-state index contributed by atoms with van der Waals surface area (Å²) in [5.41, 5.74) is 8.82. The molecule has 0 spiro atoms. The predicted octanol–water partition coefficient (Wildman–Crippen LogP) is 5.30. The van der Waals surface area contributed by atoms with Gasteiger partial charge in [0.15, 0.2) is 0 Å². The fraction of sp³-hybridized carbons (Fsp3) is 0.568. The molecule has 1 aliphatic carbocycles. The molecule has 2 atom stereocenters. The molecule has 10 heteroatoms. The van der Waals surface area contributed by atoms with E-state index in [2.05, 4.69) is 42.1 Å². The van der Waals surface area contributed by atoms with Crippen molar-refractivity contribution in [1.29, 1.82) is 0 Å². The molecule has 4 aliphatic heterocycles. The third kappa shape index (κ3) is 6.34. The molecule has 3 aromatic rings. The van der Waals surface area contributed by atoms with Gasteiger partial charge in [-0.15, -0.1) is 0 Å². The van der Waals surface area contributed by atoms with E-state index in [0.717, 1.165) is 68.1 Å². The molecule has 4 saturated heterocycles. The maximum Gasteiger partial charge on any atom is 0.222 e. The molecule has 250 valence electrons. The third-order valence-corrected chi connectivity index (χ3v) is 11.7. The minimum Gasteiger partial charge on any atom is -0.507 e. The van der Waals surface area contributed by atoms with Crippen molar-refractivity contribution in [3.8, 4) is 22.8 Å². The van der Waals surface area contributed by atoms with Gasteiger partial charge < -0.3 is 35.6 Å². The number of fused-ring (bicyclic) bond motifs is 2. The number of pyridine rings is 2. The summed E-state index contributed by atoms with van der Waals surface area (Å²) in [6, 6.07) is 13.3. The summed E-state index contributed by atoms with van der Waals surface area (Å²) >= 11 is 0. The van der Waals surface area contributed by atoms with Crippen LogP contribution in [0.25, 0.3) is 11.1 Å². The second kappa shape index (κ2) is 13.1. The van der Waals surface area contributed by atoms with Gasteiger partial charge in [-0.3, -0.25) is 0 Å². The molecule has 6 heterocycles. The van der Waals surface area contributed by atoms with E-state index in [9.17, 15) is 9.50 Å². The summed E-state index contributed by atoms with van der Waals surface area (Å²) in [6.45, 7) is 7.71. The van der Waals surface area contributed by atoms with E-state index >= 15 is 0 Å². The molecule has 5 aliphatic rings. The fourth-order valence-corrected chi connectivity index (χ4v) is 9.08. The molecule has 9 nitrogen and oxygen atoms in total. The van der Waals surface area contributed by atoms with E-state index in [0.29, 0.717) is 11.3 Å². The number of aromatic nitrogens is 2. The van der Waals surface area contributed by atoms with Crippen molar-refractivity contribution in [1.82, 2.24) is 20.2 Å². The molecule has 4 N–H and O–H groups in total. The lowest BCUT2D eigenvalue weighted by Gasteiger charge is -2.44. The molecular formula is C37H48FN7O2. The number of halogens is 1. The van der Waals surface area contributed by atoms with Crippen molar-refractivity contribution in [2.45, 2.75) is 69.6 Å². The first-order valence-corrected chi connectivity index (χ1v) is 17.8. The number of nitrogens with two attached hydrogens (primary N) is 1. The van der Waals surface area contributed by atoms with Crippen LogP contribution in [-0.4, -0.2) is 84.0 Å². The molecule has 0 radical (unpaired) electrons. The number of benzene rings is 1. The third-order valence-electron chi connectivity index (χ3n) is 11.7. The normalized spacial score (nSPS) is 27.2. The van der Waals surface area contributed by atoms with E-state index in [-0.39, 0.29) is 35.3 Å². The van der Waals surface area contributed by atoms with Crippen LogP contribution >= 0.6 is 0 Å². The van der Waals surface area contributed by atoms with Crippen LogP contribution in [0.4, 0.5) is 21.6 Å². The summed E-state index contributed by atoms with van der Waals surface area (Å²) < 4.78 is 21.4. The number of piperazine rings is 1. The van der Waals surface area contributed by atoms with Gasteiger partial charge in [-0.1, -0.05) is 18.2 Å². The Balaban J connectivity index is 0.867. The molecule has 1 aromatic carbocycles.